The van der Waals surface area contributed by atoms with E-state index in [1.807, 2.05) is 30.3 Å². The molecule has 8 nitrogen and oxygen atoms in total. The molecule has 20 rings (SSSR count). The Hall–Kier alpha value is -14.1. The van der Waals surface area contributed by atoms with Crippen LogP contribution in [0.3, 0.4) is 0 Å². The minimum atomic E-state index is 0.593. The maximum absolute atomic E-state index is 5.40. The molecule has 0 spiro atoms. The van der Waals surface area contributed by atoms with Gasteiger partial charge in [-0.3, -0.25) is 0 Å². The van der Waals surface area contributed by atoms with Crippen molar-refractivity contribution in [2.24, 2.45) is 0 Å². The van der Waals surface area contributed by atoms with Gasteiger partial charge < -0.3 is 9.13 Å². The van der Waals surface area contributed by atoms with Crippen LogP contribution in [0.5, 0.6) is 0 Å². The zero-order chi connectivity index (χ0) is 68.6. The van der Waals surface area contributed by atoms with Crippen molar-refractivity contribution in [1.29, 1.82) is 0 Å². The Morgan fingerprint density at radius 1 is 0.163 bits per heavy atom. The summed E-state index contributed by atoms with van der Waals surface area (Å²) >= 11 is 0. The summed E-state index contributed by atoms with van der Waals surface area (Å²) in [4.78, 5) is 31.6. The van der Waals surface area contributed by atoms with E-state index in [1.54, 1.807) is 0 Å². The van der Waals surface area contributed by atoms with E-state index in [1.165, 1.54) is 37.7 Å². The lowest BCUT2D eigenvalue weighted by atomic mass is 9.91. The first-order valence-corrected chi connectivity index (χ1v) is 35.1. The summed E-state index contributed by atoms with van der Waals surface area (Å²) < 4.78 is 4.75. The SMILES string of the molecule is c1ccc(-c2ccc(-c3nc(-c4ccc(-n5c6ccccc6c6c7cc(-c8ccc9c(-c%10nc(-c%11ccccc%11)nc(-c%11ccc(-n%12c%13ccccc%13c%13c%14ccccc%14ccc%13%12)cc%11)n%10)ccc(-c%10ccccc%10)c9c8)ccc7ccc65)cc4)nc(-c4cccc(-c5ccccc5)c4)n3)cc2)cc1. The first kappa shape index (κ1) is 59.9. The van der Waals surface area contributed by atoms with Crippen molar-refractivity contribution in [1.82, 2.24) is 39.0 Å². The first-order chi connectivity index (χ1) is 51.5. The molecular formula is C96H60N8. The van der Waals surface area contributed by atoms with E-state index in [2.05, 4.69) is 343 Å². The van der Waals surface area contributed by atoms with Crippen molar-refractivity contribution in [2.45, 2.75) is 0 Å². The van der Waals surface area contributed by atoms with Crippen LogP contribution in [0.4, 0.5) is 0 Å². The second-order valence-corrected chi connectivity index (χ2v) is 26.5. The zero-order valence-corrected chi connectivity index (χ0v) is 56.2. The fourth-order valence-corrected chi connectivity index (χ4v) is 15.4. The minimum absolute atomic E-state index is 0.593. The smallest absolute Gasteiger partial charge is 0.164 e. The summed E-state index contributed by atoms with van der Waals surface area (Å²) in [5, 5.41) is 11.8. The number of para-hydroxylation sites is 2. The van der Waals surface area contributed by atoms with Gasteiger partial charge in [-0.15, -0.1) is 0 Å². The van der Waals surface area contributed by atoms with Crippen LogP contribution in [0.15, 0.2) is 364 Å². The normalized spacial score (nSPS) is 11.7. The molecule has 4 aromatic heterocycles. The molecule has 20 aromatic rings. The molecule has 8 heteroatoms. The molecule has 0 saturated heterocycles. The summed E-state index contributed by atoms with van der Waals surface area (Å²) in [5.41, 5.74) is 21.0. The lowest BCUT2D eigenvalue weighted by Crippen LogP contribution is -2.01. The van der Waals surface area contributed by atoms with Gasteiger partial charge in [-0.1, -0.05) is 267 Å². The van der Waals surface area contributed by atoms with Gasteiger partial charge in [0.1, 0.15) is 0 Å². The maximum atomic E-state index is 5.40. The molecule has 0 amide bonds. The van der Waals surface area contributed by atoms with Gasteiger partial charge in [0, 0.05) is 66.3 Å². The molecule has 0 atom stereocenters. The highest BCUT2D eigenvalue weighted by Gasteiger charge is 2.22. The minimum Gasteiger partial charge on any atom is -0.309 e. The van der Waals surface area contributed by atoms with Crippen LogP contribution >= 0.6 is 0 Å². The van der Waals surface area contributed by atoms with E-state index < -0.39 is 0 Å². The predicted molar refractivity (Wildman–Crippen MR) is 429 cm³/mol. The quantitative estimate of drug-likeness (QED) is 0.121. The predicted octanol–water partition coefficient (Wildman–Crippen LogP) is 24.4. The van der Waals surface area contributed by atoms with Crippen LogP contribution in [0.1, 0.15) is 0 Å². The van der Waals surface area contributed by atoms with Crippen molar-refractivity contribution in [3.63, 3.8) is 0 Å². The van der Waals surface area contributed by atoms with Crippen LogP contribution < -0.4 is 0 Å². The molecule has 0 aliphatic heterocycles. The lowest BCUT2D eigenvalue weighted by molar-refractivity contribution is 1.07. The highest BCUT2D eigenvalue weighted by atomic mass is 15.0. The van der Waals surface area contributed by atoms with Crippen LogP contribution in [-0.4, -0.2) is 39.0 Å². The number of hydrogen-bond acceptors (Lipinski definition) is 6. The van der Waals surface area contributed by atoms with Crippen molar-refractivity contribution >= 4 is 75.9 Å². The molecule has 0 bridgehead atoms. The summed E-state index contributed by atoms with van der Waals surface area (Å²) in [6.45, 7) is 0. The van der Waals surface area contributed by atoms with Gasteiger partial charge in [0.2, 0.25) is 0 Å². The lowest BCUT2D eigenvalue weighted by Gasteiger charge is -2.15. The van der Waals surface area contributed by atoms with E-state index in [4.69, 9.17) is 29.9 Å². The van der Waals surface area contributed by atoms with Crippen LogP contribution in [-0.2, 0) is 0 Å². The van der Waals surface area contributed by atoms with Gasteiger partial charge in [-0.05, 0) is 174 Å². The molecule has 0 unspecified atom stereocenters. The highest BCUT2D eigenvalue weighted by Crippen LogP contribution is 2.44. The Morgan fingerprint density at radius 2 is 0.510 bits per heavy atom. The molecule has 0 aliphatic carbocycles. The van der Waals surface area contributed by atoms with Crippen molar-refractivity contribution in [3.8, 4) is 124 Å². The standard InChI is InChI=1S/C96H60N8/c1-5-20-61(21-6-1)63-36-39-68(40-37-63)92-98-93(100-95(99-92)74-30-19-29-71(58-74)62-22-7-2-8-23-62)69-42-49-76(50-43-69)104-86-35-18-16-33-82(86)90-83-59-72(41-38-66(83)48-57-88(90)104)73-46-53-79-80(55-54-77(84(79)60-73)64-24-9-3-10-25-64)96-101-91(67-27-11-4-12-28-67)97-94(102-96)70-44-51-75(52-45-70)103-85-34-17-15-32-81(85)89-78-31-14-13-26-65(78)47-56-87(89)103/h1-60H. The fourth-order valence-electron chi connectivity index (χ4n) is 15.4. The number of fused-ring (bicyclic) bond motifs is 11. The largest absolute Gasteiger partial charge is 0.309 e. The molecule has 4 heterocycles. The molecule has 16 aromatic carbocycles. The summed E-state index contributed by atoms with van der Waals surface area (Å²) in [6.07, 6.45) is 0. The second-order valence-electron chi connectivity index (χ2n) is 26.5. The van der Waals surface area contributed by atoms with Crippen LogP contribution in [0.25, 0.3) is 200 Å². The van der Waals surface area contributed by atoms with Crippen molar-refractivity contribution < 1.29 is 0 Å². The molecule has 104 heavy (non-hydrogen) atoms. The van der Waals surface area contributed by atoms with Gasteiger partial charge in [-0.2, -0.15) is 0 Å². The molecule has 0 radical (unpaired) electrons. The average Bonchev–Trinajstić information content (AvgIpc) is 1.65. The molecular weight excluding hydrogens is 1270 g/mol. The zero-order valence-electron chi connectivity index (χ0n) is 56.2. The third-order valence-electron chi connectivity index (χ3n) is 20.4. The van der Waals surface area contributed by atoms with Gasteiger partial charge in [0.25, 0.3) is 0 Å². The van der Waals surface area contributed by atoms with Gasteiger partial charge >= 0.3 is 0 Å². The number of hydrogen-bond donors (Lipinski definition) is 0. The Bertz CT molecular complexity index is 6730. The topological polar surface area (TPSA) is 87.2 Å². The van der Waals surface area contributed by atoms with E-state index >= 15 is 0 Å². The molecule has 0 saturated carbocycles. The molecule has 484 valence electrons. The second kappa shape index (κ2) is 25.0. The molecule has 0 fully saturated rings. The molecule has 0 aliphatic rings. The molecule has 0 N–H and O–H groups in total. The Kier molecular flexibility index (Phi) is 14.4. The third-order valence-corrected chi connectivity index (χ3v) is 20.4. The van der Waals surface area contributed by atoms with E-state index in [9.17, 15) is 0 Å². The monoisotopic (exact) mass is 1320 g/mol. The Balaban J connectivity index is 0.677. The van der Waals surface area contributed by atoms with Crippen molar-refractivity contribution in [3.05, 3.63) is 364 Å². The number of nitrogens with zero attached hydrogens (tertiary/aromatic N) is 8. The van der Waals surface area contributed by atoms with Gasteiger partial charge in [0.05, 0.1) is 22.1 Å². The maximum Gasteiger partial charge on any atom is 0.164 e. The summed E-state index contributed by atoms with van der Waals surface area (Å²) in [6, 6.07) is 129. The summed E-state index contributed by atoms with van der Waals surface area (Å²) in [5.74, 6) is 3.60. The number of benzene rings is 16. The van der Waals surface area contributed by atoms with Gasteiger partial charge in [0.15, 0.2) is 34.9 Å². The van der Waals surface area contributed by atoms with Gasteiger partial charge in [-0.25, -0.2) is 29.9 Å². The highest BCUT2D eigenvalue weighted by molar-refractivity contribution is 6.23. The number of rotatable bonds is 12. The average molecular weight is 1330 g/mol. The summed E-state index contributed by atoms with van der Waals surface area (Å²) in [7, 11) is 0. The van der Waals surface area contributed by atoms with Crippen LogP contribution in [0, 0.1) is 0 Å². The fraction of sp³-hybridized carbons (Fsp3) is 0. The first-order valence-electron chi connectivity index (χ1n) is 35.1. The van der Waals surface area contributed by atoms with E-state index in [0.29, 0.717) is 34.9 Å². The van der Waals surface area contributed by atoms with E-state index in [0.717, 1.165) is 127 Å². The Labute approximate surface area is 599 Å². The Morgan fingerprint density at radius 3 is 1.08 bits per heavy atom. The third kappa shape index (κ3) is 10.5. The number of aromatic nitrogens is 8. The van der Waals surface area contributed by atoms with Crippen molar-refractivity contribution in [2.75, 3.05) is 0 Å². The van der Waals surface area contributed by atoms with Crippen LogP contribution in [0.2, 0.25) is 0 Å². The van der Waals surface area contributed by atoms with E-state index in [-0.39, 0.29) is 0 Å².